The Kier molecular flexibility index (Phi) is 4.48. The number of aromatic nitrogens is 3. The van der Waals surface area contributed by atoms with Gasteiger partial charge in [0.25, 0.3) is 0 Å². The van der Waals surface area contributed by atoms with Crippen LogP contribution in [0, 0.1) is 5.92 Å². The summed E-state index contributed by atoms with van der Waals surface area (Å²) in [5.74, 6) is 1.01. The Bertz CT molecular complexity index is 886. The van der Waals surface area contributed by atoms with E-state index in [-0.39, 0.29) is 5.92 Å². The van der Waals surface area contributed by atoms with Crippen LogP contribution in [0.4, 0.5) is 5.69 Å². The second kappa shape index (κ2) is 6.77. The zero-order chi connectivity index (χ0) is 17.4. The Morgan fingerprint density at radius 3 is 2.68 bits per heavy atom. The molecule has 3 heterocycles. The molecule has 0 amide bonds. The van der Waals surface area contributed by atoms with Crippen LogP contribution < -0.4 is 4.90 Å². The lowest BCUT2D eigenvalue weighted by Gasteiger charge is -2.35. The van der Waals surface area contributed by atoms with Gasteiger partial charge >= 0.3 is 0 Å². The van der Waals surface area contributed by atoms with E-state index in [1.54, 1.807) is 6.20 Å². The smallest absolute Gasteiger partial charge is 0.137 e. The van der Waals surface area contributed by atoms with Gasteiger partial charge in [0.15, 0.2) is 0 Å². The van der Waals surface area contributed by atoms with Crippen molar-refractivity contribution in [2.45, 2.75) is 18.9 Å². The molecule has 0 spiro atoms. The fourth-order valence-electron chi connectivity index (χ4n) is 3.71. The Morgan fingerprint density at radius 2 is 1.96 bits per heavy atom. The molecule has 2 aromatic heterocycles. The third-order valence-corrected chi connectivity index (χ3v) is 5.62. The van der Waals surface area contributed by atoms with Crippen LogP contribution in [0.3, 0.4) is 0 Å². The first-order chi connectivity index (χ1) is 12.1. The number of nitrogens with zero attached hydrogens (tertiary/aromatic N) is 4. The molecule has 0 radical (unpaired) electrons. The summed E-state index contributed by atoms with van der Waals surface area (Å²) >= 11 is 3.51. The van der Waals surface area contributed by atoms with E-state index < -0.39 is 6.10 Å². The minimum Gasteiger partial charge on any atom is -0.385 e. The number of aliphatic hydroxyl groups excluding tert-OH is 1. The van der Waals surface area contributed by atoms with Crippen molar-refractivity contribution in [1.29, 1.82) is 0 Å². The SMILES string of the molecule is Cn1ccnc1C(O)C1CCN(c2ccnc3cc(Br)ccc23)CC1. The van der Waals surface area contributed by atoms with E-state index in [0.717, 1.165) is 41.7 Å². The summed E-state index contributed by atoms with van der Waals surface area (Å²) in [6, 6.07) is 8.32. The zero-order valence-corrected chi connectivity index (χ0v) is 15.7. The highest BCUT2D eigenvalue weighted by atomic mass is 79.9. The molecule has 6 heteroatoms. The third kappa shape index (κ3) is 3.16. The highest BCUT2D eigenvalue weighted by molar-refractivity contribution is 9.10. The molecular weight excluding hydrogens is 380 g/mol. The number of aryl methyl sites for hydroxylation is 1. The largest absolute Gasteiger partial charge is 0.385 e. The number of rotatable bonds is 3. The van der Waals surface area contributed by atoms with Crippen LogP contribution >= 0.6 is 15.9 Å². The molecule has 0 aliphatic carbocycles. The molecule has 1 atom stereocenters. The molecule has 130 valence electrons. The molecular formula is C19H21BrN4O. The monoisotopic (exact) mass is 400 g/mol. The number of piperidine rings is 1. The Labute approximate surface area is 155 Å². The summed E-state index contributed by atoms with van der Waals surface area (Å²) in [7, 11) is 1.93. The molecule has 1 unspecified atom stereocenters. The lowest BCUT2D eigenvalue weighted by atomic mass is 9.90. The summed E-state index contributed by atoms with van der Waals surface area (Å²) in [6.45, 7) is 1.86. The van der Waals surface area contributed by atoms with Crippen LogP contribution in [0.2, 0.25) is 0 Å². The van der Waals surface area contributed by atoms with Crippen LogP contribution in [0.5, 0.6) is 0 Å². The lowest BCUT2D eigenvalue weighted by molar-refractivity contribution is 0.0825. The number of halogens is 1. The Balaban J connectivity index is 1.52. The van der Waals surface area contributed by atoms with Crippen molar-refractivity contribution < 1.29 is 5.11 Å². The Hall–Kier alpha value is -1.92. The summed E-state index contributed by atoms with van der Waals surface area (Å²) in [6.07, 6.45) is 6.91. The predicted molar refractivity (Wildman–Crippen MR) is 103 cm³/mol. The minimum atomic E-state index is -0.493. The fraction of sp³-hybridized carbons (Fsp3) is 0.368. The first-order valence-corrected chi connectivity index (χ1v) is 9.37. The number of hydrogen-bond donors (Lipinski definition) is 1. The maximum Gasteiger partial charge on any atom is 0.137 e. The molecule has 1 saturated heterocycles. The third-order valence-electron chi connectivity index (χ3n) is 5.13. The van der Waals surface area contributed by atoms with E-state index in [1.807, 2.05) is 24.0 Å². The van der Waals surface area contributed by atoms with Gasteiger partial charge < -0.3 is 14.6 Å². The lowest BCUT2D eigenvalue weighted by Crippen LogP contribution is -2.36. The van der Waals surface area contributed by atoms with Gasteiger partial charge in [-0.1, -0.05) is 15.9 Å². The molecule has 3 aromatic rings. The zero-order valence-electron chi connectivity index (χ0n) is 14.1. The fourth-order valence-corrected chi connectivity index (χ4v) is 4.06. The first-order valence-electron chi connectivity index (χ1n) is 8.58. The van der Waals surface area contributed by atoms with Gasteiger partial charge in [0.1, 0.15) is 11.9 Å². The van der Waals surface area contributed by atoms with Crippen molar-refractivity contribution in [3.63, 3.8) is 0 Å². The predicted octanol–water partition coefficient (Wildman–Crippen LogP) is 3.68. The van der Waals surface area contributed by atoms with Gasteiger partial charge in [0.05, 0.1) is 5.52 Å². The van der Waals surface area contributed by atoms with Gasteiger partial charge in [-0.15, -0.1) is 0 Å². The molecule has 0 bridgehead atoms. The average Bonchev–Trinajstić information content (AvgIpc) is 3.06. The van der Waals surface area contributed by atoms with Crippen LogP contribution in [-0.2, 0) is 7.05 Å². The summed E-state index contributed by atoms with van der Waals surface area (Å²) in [5, 5.41) is 11.8. The normalized spacial score (nSPS) is 17.2. The Morgan fingerprint density at radius 1 is 1.16 bits per heavy atom. The minimum absolute atomic E-state index is 0.250. The number of hydrogen-bond acceptors (Lipinski definition) is 4. The molecule has 1 aliphatic heterocycles. The van der Waals surface area contributed by atoms with E-state index in [1.165, 1.54) is 11.1 Å². The van der Waals surface area contributed by atoms with Crippen molar-refractivity contribution in [3.05, 3.63) is 53.2 Å². The maximum absolute atomic E-state index is 10.7. The molecule has 1 N–H and O–H groups in total. The van der Waals surface area contributed by atoms with Crippen LogP contribution in [0.15, 0.2) is 47.3 Å². The molecule has 1 fully saturated rings. The quantitative estimate of drug-likeness (QED) is 0.728. The van der Waals surface area contributed by atoms with Crippen molar-refractivity contribution in [3.8, 4) is 0 Å². The number of imidazole rings is 1. The van der Waals surface area contributed by atoms with Gasteiger partial charge in [-0.2, -0.15) is 0 Å². The number of pyridine rings is 1. The van der Waals surface area contributed by atoms with Crippen molar-refractivity contribution in [2.24, 2.45) is 13.0 Å². The standard InChI is InChI=1S/C19H21BrN4O/c1-23-11-8-22-19(23)18(25)13-5-9-24(10-6-13)17-4-7-21-16-12-14(20)2-3-15(16)17/h2-4,7-8,11-13,18,25H,5-6,9-10H2,1H3. The van der Waals surface area contributed by atoms with Gasteiger partial charge in [-0.05, 0) is 43.0 Å². The summed E-state index contributed by atoms with van der Waals surface area (Å²) in [5.41, 5.74) is 2.23. The molecule has 1 aromatic carbocycles. The van der Waals surface area contributed by atoms with E-state index >= 15 is 0 Å². The van der Waals surface area contributed by atoms with Crippen molar-refractivity contribution in [1.82, 2.24) is 14.5 Å². The van der Waals surface area contributed by atoms with Gasteiger partial charge in [0.2, 0.25) is 0 Å². The number of fused-ring (bicyclic) bond motifs is 1. The maximum atomic E-state index is 10.7. The van der Waals surface area contributed by atoms with E-state index in [4.69, 9.17) is 0 Å². The van der Waals surface area contributed by atoms with Crippen LogP contribution in [0.1, 0.15) is 24.8 Å². The van der Waals surface area contributed by atoms with E-state index in [9.17, 15) is 5.11 Å². The highest BCUT2D eigenvalue weighted by Crippen LogP contribution is 2.34. The first kappa shape index (κ1) is 16.5. The van der Waals surface area contributed by atoms with E-state index in [2.05, 4.69) is 55.1 Å². The van der Waals surface area contributed by atoms with Crippen molar-refractivity contribution in [2.75, 3.05) is 18.0 Å². The van der Waals surface area contributed by atoms with Gasteiger partial charge in [-0.25, -0.2) is 4.98 Å². The van der Waals surface area contributed by atoms with Gasteiger partial charge in [0, 0.05) is 54.3 Å². The summed E-state index contributed by atoms with van der Waals surface area (Å²) < 4.78 is 2.95. The molecule has 25 heavy (non-hydrogen) atoms. The number of anilines is 1. The average molecular weight is 401 g/mol. The number of aliphatic hydroxyl groups is 1. The highest BCUT2D eigenvalue weighted by Gasteiger charge is 2.29. The number of benzene rings is 1. The second-order valence-corrected chi connectivity index (χ2v) is 7.57. The molecule has 1 aliphatic rings. The summed E-state index contributed by atoms with van der Waals surface area (Å²) in [4.78, 5) is 11.2. The molecule has 0 saturated carbocycles. The molecule has 5 nitrogen and oxygen atoms in total. The van der Waals surface area contributed by atoms with E-state index in [0.29, 0.717) is 0 Å². The van der Waals surface area contributed by atoms with Crippen molar-refractivity contribution >= 4 is 32.5 Å². The topological polar surface area (TPSA) is 54.2 Å². The van der Waals surface area contributed by atoms with Gasteiger partial charge in [-0.3, -0.25) is 4.98 Å². The molecule has 4 rings (SSSR count). The second-order valence-electron chi connectivity index (χ2n) is 6.66. The van der Waals surface area contributed by atoms with Crippen LogP contribution in [-0.4, -0.2) is 32.7 Å². The van der Waals surface area contributed by atoms with Crippen LogP contribution in [0.25, 0.3) is 10.9 Å².